The van der Waals surface area contributed by atoms with E-state index < -0.39 is 138 Å². The molecule has 2 heterocycles. The summed E-state index contributed by atoms with van der Waals surface area (Å²) in [5, 5.41) is 33.6. The monoisotopic (exact) mass is 1190 g/mol. The van der Waals surface area contributed by atoms with Gasteiger partial charge in [-0.25, -0.2) is 4.98 Å². The van der Waals surface area contributed by atoms with Crippen LogP contribution in [0.15, 0.2) is 17.5 Å². The first kappa shape index (κ1) is 69.7. The number of rotatable bonds is 18. The van der Waals surface area contributed by atoms with Crippen LogP contribution in [0.5, 0.6) is 0 Å². The fourth-order valence-electron chi connectivity index (χ4n) is 9.14. The highest BCUT2D eigenvalue weighted by atomic mass is 32.2. The van der Waals surface area contributed by atoms with Gasteiger partial charge in [-0.1, -0.05) is 40.5 Å². The van der Waals surface area contributed by atoms with Gasteiger partial charge >= 0.3 is 5.97 Å². The Morgan fingerprint density at radius 1 is 0.711 bits per heavy atom. The van der Waals surface area contributed by atoms with Crippen molar-refractivity contribution < 1.29 is 62.6 Å². The number of amides is 11. The Labute approximate surface area is 488 Å². The second kappa shape index (κ2) is 34.8. The van der Waals surface area contributed by atoms with Crippen LogP contribution in [-0.2, 0) is 64.0 Å². The fraction of sp³-hybridized carbons (Fsp3) is 0.698. The third-order valence-corrected chi connectivity index (χ3v) is 14.4. The fourth-order valence-corrected chi connectivity index (χ4v) is 9.61. The van der Waals surface area contributed by atoms with Gasteiger partial charge in [-0.15, -0.1) is 0 Å². The van der Waals surface area contributed by atoms with E-state index in [1.165, 1.54) is 38.3 Å². The van der Waals surface area contributed by atoms with Gasteiger partial charge in [0.1, 0.15) is 53.9 Å². The van der Waals surface area contributed by atoms with Crippen LogP contribution in [0, 0.1) is 11.8 Å². The molecule has 464 valence electrons. The molecule has 1 aliphatic carbocycles. The lowest BCUT2D eigenvalue weighted by Gasteiger charge is -2.32. The molecule has 1 saturated carbocycles. The number of likely N-dealkylation sites (N-methyl/N-ethyl adjacent to an activating group) is 1. The summed E-state index contributed by atoms with van der Waals surface area (Å²) in [7, 11) is 1.30. The second-order valence-electron chi connectivity index (χ2n) is 22.0. The second-order valence-corrected chi connectivity index (χ2v) is 23.0. The average molecular weight is 1190 g/mol. The van der Waals surface area contributed by atoms with Crippen LogP contribution in [0.1, 0.15) is 137 Å². The lowest BCUT2D eigenvalue weighted by molar-refractivity contribution is -0.145. The highest BCUT2D eigenvalue weighted by Gasteiger charge is 2.54. The minimum atomic E-state index is -1.61. The summed E-state index contributed by atoms with van der Waals surface area (Å²) in [5.74, 6) is -10.2. The minimum absolute atomic E-state index is 0.0231. The molecule has 1 spiro atoms. The summed E-state index contributed by atoms with van der Waals surface area (Å²) in [6.45, 7) is 8.78. The van der Waals surface area contributed by atoms with Crippen LogP contribution in [-0.4, -0.2) is 183 Å². The van der Waals surface area contributed by atoms with E-state index in [1.807, 2.05) is 13.8 Å². The lowest BCUT2D eigenvalue weighted by atomic mass is 10.0. The van der Waals surface area contributed by atoms with Gasteiger partial charge in [-0.3, -0.25) is 62.5 Å². The summed E-state index contributed by atoms with van der Waals surface area (Å²) in [4.78, 5) is 176. The van der Waals surface area contributed by atoms with E-state index in [2.05, 4.69) is 62.8 Å². The maximum Gasteiger partial charge on any atom is 0.303 e. The number of H-pyrrole nitrogens is 1. The van der Waals surface area contributed by atoms with E-state index in [-0.39, 0.29) is 95.1 Å². The molecule has 0 aromatic carbocycles. The molecule has 30 heteroatoms. The smallest absolute Gasteiger partial charge is 0.303 e. The van der Waals surface area contributed by atoms with Crippen molar-refractivity contribution in [2.75, 3.05) is 32.1 Å². The topological polar surface area (TPSA) is 456 Å². The molecule has 1 aromatic heterocycles. The average Bonchev–Trinajstić information content (AvgIpc) is 4.15. The maximum atomic E-state index is 14.3. The number of imidazole rings is 1. The van der Waals surface area contributed by atoms with Crippen LogP contribution >= 0.6 is 11.8 Å². The number of hydrogen-bond acceptors (Lipinski definition) is 15. The number of primary amides is 1. The van der Waals surface area contributed by atoms with Gasteiger partial charge in [0.15, 0.2) is 5.96 Å². The molecule has 3 rings (SSSR count). The molecule has 1 aromatic rings. The van der Waals surface area contributed by atoms with Gasteiger partial charge in [0.2, 0.25) is 65.0 Å². The summed E-state index contributed by atoms with van der Waals surface area (Å²) >= 11 is 1.35. The third kappa shape index (κ3) is 24.8. The molecule has 2 fully saturated rings. The Morgan fingerprint density at radius 2 is 1.25 bits per heavy atom. The number of carboxylic acids is 1. The molecular formula is C53H88N16O13S. The molecule has 29 nitrogen and oxygen atoms in total. The number of aromatic nitrogens is 2. The first-order valence-electron chi connectivity index (χ1n) is 28.2. The zero-order valence-electron chi connectivity index (χ0n) is 48.7. The predicted molar refractivity (Wildman–Crippen MR) is 307 cm³/mol. The molecule has 1 saturated heterocycles. The Kier molecular flexibility index (Phi) is 29.2. The first-order chi connectivity index (χ1) is 39.2. The number of aliphatic carboxylic acids is 1. The number of carbonyl (C=O) groups excluding carboxylic acids is 11. The van der Waals surface area contributed by atoms with Crippen molar-refractivity contribution >= 4 is 88.7 Å². The van der Waals surface area contributed by atoms with Gasteiger partial charge in [-0.2, -0.15) is 11.8 Å². The molecule has 0 radical (unpaired) electrons. The lowest BCUT2D eigenvalue weighted by Crippen LogP contribution is -2.61. The molecule has 1 aliphatic heterocycles. The number of hydrogen-bond donors (Lipinski definition) is 14. The van der Waals surface area contributed by atoms with Gasteiger partial charge in [0.25, 0.3) is 0 Å². The minimum Gasteiger partial charge on any atom is -0.481 e. The van der Waals surface area contributed by atoms with Crippen molar-refractivity contribution in [3.05, 3.63) is 18.2 Å². The van der Waals surface area contributed by atoms with Crippen LogP contribution in [0.25, 0.3) is 0 Å². The molecule has 83 heavy (non-hydrogen) atoms. The number of thioether (sulfide) groups is 1. The molecule has 11 amide bonds. The zero-order chi connectivity index (χ0) is 62.0. The number of carbonyl (C=O) groups is 12. The summed E-state index contributed by atoms with van der Waals surface area (Å²) in [6.07, 6.45) is 5.48. The number of aromatic amines is 1. The zero-order valence-corrected chi connectivity index (χ0v) is 49.5. The highest BCUT2D eigenvalue weighted by molar-refractivity contribution is 7.98. The standard InChI is InChI=1S/C53H88N16O13S/c1-29(2)23-35-44(75)58-20-11-9-8-10-14-41(71)68-53(18-19-53)51(82)69(6)39(15-16-42(72)73)50(81)63-33(13-12-21-59-52(55)56)46(77)62-34(17-22-83-7)45(76)61-31(5)43(74)64-36(24-30(3)4)47(78)66-37(25-32-27-57-28-60-32)48(79)67-38(26-40(54)70)49(80)65-35/h27-31,33-39H,8-26H2,1-7H3,(H2,54,70)(H,57,60)(H,58,75)(H,61,76)(H,62,77)(H,63,81)(H,64,74)(H,65,80)(H,66,78)(H,67,79)(H,68,71)(H,72,73)(H4,55,56,59)/t31-,33-,34-,35-,36-,37-,38-,39-/m0/s1. The molecule has 8 atom stereocenters. The third-order valence-electron chi connectivity index (χ3n) is 13.8. The van der Waals surface area contributed by atoms with Crippen LogP contribution in [0.3, 0.4) is 0 Å². The van der Waals surface area contributed by atoms with Crippen molar-refractivity contribution in [1.82, 2.24) is 62.7 Å². The van der Waals surface area contributed by atoms with E-state index in [0.717, 1.165) is 4.90 Å². The molecule has 0 bridgehead atoms. The Morgan fingerprint density at radius 3 is 1.84 bits per heavy atom. The van der Waals surface area contributed by atoms with Crippen molar-refractivity contribution in [1.29, 1.82) is 0 Å². The van der Waals surface area contributed by atoms with Crippen LogP contribution in [0.4, 0.5) is 0 Å². The Bertz CT molecular complexity index is 2440. The number of aliphatic imine (C=N–C) groups is 1. The molecular weight excluding hydrogens is 1100 g/mol. The van der Waals surface area contributed by atoms with E-state index in [4.69, 9.17) is 17.2 Å². The Hall–Kier alpha value is -7.53. The molecule has 17 N–H and O–H groups in total. The highest BCUT2D eigenvalue weighted by Crippen LogP contribution is 2.38. The molecule has 2 aliphatic rings. The number of carboxylic acid groups (broad SMARTS) is 1. The number of guanidine groups is 1. The number of nitrogens with zero attached hydrogens (tertiary/aromatic N) is 3. The van der Waals surface area contributed by atoms with E-state index >= 15 is 0 Å². The normalized spacial score (nSPS) is 24.8. The summed E-state index contributed by atoms with van der Waals surface area (Å²) in [5.41, 5.74) is 15.6. The van der Waals surface area contributed by atoms with Crippen molar-refractivity contribution in [2.24, 2.45) is 34.0 Å². The quantitative estimate of drug-likeness (QED) is 0.0413. The predicted octanol–water partition coefficient (Wildman–Crippen LogP) is -2.44. The number of nitrogens with two attached hydrogens (primary N) is 3. The summed E-state index contributed by atoms with van der Waals surface area (Å²) < 4.78 is 0. The SMILES string of the molecule is CSCC[C@@H]1NC(=O)[C@H](CCCN=C(N)N)NC(=O)[C@H](CCC(=O)O)N(C)C(=O)C2(CC2)NC(=O)CCCCCCNC(=O)[C@H](CC(C)C)NC(=O)[C@H](CC(N)=O)NC(=O)[C@H](Cc2cnc[nH]2)NC(=O)[C@H](CC(C)C)NC(=O)[C@H](C)NC1=O. The van der Waals surface area contributed by atoms with E-state index in [9.17, 15) is 62.6 Å². The van der Waals surface area contributed by atoms with Crippen molar-refractivity contribution in [3.8, 4) is 0 Å². The van der Waals surface area contributed by atoms with Gasteiger partial charge in [-0.05, 0) is 95.0 Å². The Balaban J connectivity index is 2.06. The van der Waals surface area contributed by atoms with E-state index in [1.54, 1.807) is 20.1 Å². The van der Waals surface area contributed by atoms with Gasteiger partial charge in [0, 0.05) is 51.3 Å². The van der Waals surface area contributed by atoms with Crippen LogP contribution in [0.2, 0.25) is 0 Å². The van der Waals surface area contributed by atoms with Crippen molar-refractivity contribution in [3.63, 3.8) is 0 Å². The largest absolute Gasteiger partial charge is 0.481 e. The maximum absolute atomic E-state index is 14.3. The van der Waals surface area contributed by atoms with Gasteiger partial charge < -0.3 is 80.0 Å². The van der Waals surface area contributed by atoms with Crippen molar-refractivity contribution in [2.45, 2.75) is 191 Å². The van der Waals surface area contributed by atoms with E-state index in [0.29, 0.717) is 37.1 Å². The number of nitrogens with one attached hydrogen (secondary N) is 10. The van der Waals surface area contributed by atoms with Gasteiger partial charge in [0.05, 0.1) is 12.7 Å². The first-order valence-corrected chi connectivity index (χ1v) is 29.6. The summed E-state index contributed by atoms with van der Waals surface area (Å²) in [6, 6.07) is -11.0. The van der Waals surface area contributed by atoms with Crippen LogP contribution < -0.4 is 65.1 Å². The molecule has 0 unspecified atom stereocenters.